The summed E-state index contributed by atoms with van der Waals surface area (Å²) in [5.74, 6) is 1.44. The third kappa shape index (κ3) is 5.73. The Balaban J connectivity index is 1.26. The zero-order valence-electron chi connectivity index (χ0n) is 18.3. The highest BCUT2D eigenvalue weighted by Crippen LogP contribution is 2.20. The first-order valence-corrected chi connectivity index (χ1v) is 11.0. The lowest BCUT2D eigenvalue weighted by Crippen LogP contribution is -2.51. The van der Waals surface area contributed by atoms with Crippen LogP contribution in [0.1, 0.15) is 31.0 Å². The molecule has 0 bridgehead atoms. The SMILES string of the molecule is CN=C(NCc1coc(-c2ccccc2)n1)NC1CCN(Cc2ccccc2)C(C)C1. The Morgan fingerprint density at radius 1 is 1.13 bits per heavy atom. The van der Waals surface area contributed by atoms with E-state index in [1.807, 2.05) is 37.4 Å². The molecule has 1 saturated heterocycles. The first-order chi connectivity index (χ1) is 15.2. The van der Waals surface area contributed by atoms with E-state index in [0.717, 1.165) is 43.1 Å². The van der Waals surface area contributed by atoms with Gasteiger partial charge in [-0.2, -0.15) is 0 Å². The monoisotopic (exact) mass is 417 g/mol. The van der Waals surface area contributed by atoms with Crippen molar-refractivity contribution in [3.63, 3.8) is 0 Å². The molecule has 2 N–H and O–H groups in total. The summed E-state index contributed by atoms with van der Waals surface area (Å²) in [4.78, 5) is 11.5. The Hall–Kier alpha value is -3.12. The number of aromatic nitrogens is 1. The van der Waals surface area contributed by atoms with Crippen LogP contribution in [-0.2, 0) is 13.1 Å². The number of hydrogen-bond acceptors (Lipinski definition) is 4. The number of nitrogens with one attached hydrogen (secondary N) is 2. The molecule has 0 saturated carbocycles. The first-order valence-electron chi connectivity index (χ1n) is 11.0. The number of rotatable bonds is 6. The van der Waals surface area contributed by atoms with Crippen LogP contribution in [0.2, 0.25) is 0 Å². The van der Waals surface area contributed by atoms with Crippen LogP contribution in [0, 0.1) is 0 Å². The average Bonchev–Trinajstić information content (AvgIpc) is 3.29. The zero-order valence-corrected chi connectivity index (χ0v) is 18.3. The van der Waals surface area contributed by atoms with E-state index in [4.69, 9.17) is 4.42 Å². The Morgan fingerprint density at radius 3 is 2.58 bits per heavy atom. The van der Waals surface area contributed by atoms with Gasteiger partial charge < -0.3 is 15.1 Å². The molecule has 1 aromatic heterocycles. The maximum Gasteiger partial charge on any atom is 0.226 e. The van der Waals surface area contributed by atoms with Gasteiger partial charge in [-0.15, -0.1) is 0 Å². The lowest BCUT2D eigenvalue weighted by molar-refractivity contribution is 0.134. The van der Waals surface area contributed by atoms with Crippen LogP contribution in [0.25, 0.3) is 11.5 Å². The number of aliphatic imine (C=N–C) groups is 1. The lowest BCUT2D eigenvalue weighted by atomic mass is 9.97. The van der Waals surface area contributed by atoms with Crippen molar-refractivity contribution in [1.29, 1.82) is 0 Å². The molecule has 0 spiro atoms. The fraction of sp³-hybridized carbons (Fsp3) is 0.360. The second-order valence-electron chi connectivity index (χ2n) is 8.11. The summed E-state index contributed by atoms with van der Waals surface area (Å²) in [6, 6.07) is 21.6. The Kier molecular flexibility index (Phi) is 6.99. The molecule has 0 radical (unpaired) electrons. The molecular formula is C25H31N5O. The molecule has 2 atom stereocenters. The Bertz CT molecular complexity index is 970. The molecule has 1 aliphatic heterocycles. The molecule has 2 heterocycles. The second-order valence-corrected chi connectivity index (χ2v) is 8.11. The molecule has 162 valence electrons. The van der Waals surface area contributed by atoms with Gasteiger partial charge in [0.15, 0.2) is 5.96 Å². The van der Waals surface area contributed by atoms with Gasteiger partial charge in [0.1, 0.15) is 6.26 Å². The quantitative estimate of drug-likeness (QED) is 0.468. The third-order valence-electron chi connectivity index (χ3n) is 5.82. The summed E-state index contributed by atoms with van der Waals surface area (Å²) in [5.41, 5.74) is 3.21. The van der Waals surface area contributed by atoms with E-state index in [9.17, 15) is 0 Å². The fourth-order valence-corrected chi connectivity index (χ4v) is 4.07. The van der Waals surface area contributed by atoms with E-state index in [0.29, 0.717) is 24.5 Å². The van der Waals surface area contributed by atoms with E-state index in [2.05, 4.69) is 62.8 Å². The maximum absolute atomic E-state index is 5.62. The van der Waals surface area contributed by atoms with E-state index in [1.54, 1.807) is 6.26 Å². The molecule has 6 heteroatoms. The fourth-order valence-electron chi connectivity index (χ4n) is 4.07. The molecule has 2 aromatic carbocycles. The largest absolute Gasteiger partial charge is 0.444 e. The van der Waals surface area contributed by atoms with Crippen molar-refractivity contribution in [2.75, 3.05) is 13.6 Å². The van der Waals surface area contributed by atoms with Crippen molar-refractivity contribution in [2.24, 2.45) is 4.99 Å². The van der Waals surface area contributed by atoms with E-state index in [-0.39, 0.29) is 0 Å². The summed E-state index contributed by atoms with van der Waals surface area (Å²) in [6.07, 6.45) is 3.89. The minimum atomic E-state index is 0.408. The number of nitrogens with zero attached hydrogens (tertiary/aromatic N) is 3. The highest BCUT2D eigenvalue weighted by atomic mass is 16.3. The lowest BCUT2D eigenvalue weighted by Gasteiger charge is -2.38. The minimum absolute atomic E-state index is 0.408. The van der Waals surface area contributed by atoms with Crippen molar-refractivity contribution in [3.05, 3.63) is 78.2 Å². The summed E-state index contributed by atoms with van der Waals surface area (Å²) in [7, 11) is 1.81. The van der Waals surface area contributed by atoms with Crippen LogP contribution in [-0.4, -0.2) is 41.5 Å². The van der Waals surface area contributed by atoms with E-state index >= 15 is 0 Å². The molecular weight excluding hydrogens is 386 g/mol. The summed E-state index contributed by atoms with van der Waals surface area (Å²) in [5, 5.41) is 6.95. The van der Waals surface area contributed by atoms with Crippen LogP contribution in [0.15, 0.2) is 76.3 Å². The van der Waals surface area contributed by atoms with Gasteiger partial charge in [-0.25, -0.2) is 4.98 Å². The number of piperidine rings is 1. The molecule has 0 aliphatic carbocycles. The number of guanidine groups is 1. The number of benzene rings is 2. The van der Waals surface area contributed by atoms with Gasteiger partial charge in [0.25, 0.3) is 0 Å². The van der Waals surface area contributed by atoms with Gasteiger partial charge >= 0.3 is 0 Å². The molecule has 3 aromatic rings. The molecule has 1 aliphatic rings. The van der Waals surface area contributed by atoms with Crippen LogP contribution in [0.3, 0.4) is 0 Å². The third-order valence-corrected chi connectivity index (χ3v) is 5.82. The first kappa shape index (κ1) is 21.1. The van der Waals surface area contributed by atoms with Crippen LogP contribution >= 0.6 is 0 Å². The predicted octanol–water partition coefficient (Wildman–Crippen LogP) is 4.06. The standard InChI is InChI=1S/C25H31N5O/c1-19-15-22(13-14-30(19)17-20-9-5-3-6-10-20)29-25(26-2)27-16-23-18-31-24(28-23)21-11-7-4-8-12-21/h3-12,18-19,22H,13-17H2,1-2H3,(H2,26,27,29). The minimum Gasteiger partial charge on any atom is -0.444 e. The summed E-state index contributed by atoms with van der Waals surface area (Å²) < 4.78 is 5.62. The Labute approximate surface area is 184 Å². The van der Waals surface area contributed by atoms with Gasteiger partial charge in [0.05, 0.1) is 12.2 Å². The number of likely N-dealkylation sites (tertiary alicyclic amines) is 1. The van der Waals surface area contributed by atoms with Gasteiger partial charge in [0.2, 0.25) is 5.89 Å². The van der Waals surface area contributed by atoms with E-state index < -0.39 is 0 Å². The topological polar surface area (TPSA) is 65.7 Å². The van der Waals surface area contributed by atoms with Crippen LogP contribution in [0.5, 0.6) is 0 Å². The van der Waals surface area contributed by atoms with Crippen molar-refractivity contribution in [1.82, 2.24) is 20.5 Å². The van der Waals surface area contributed by atoms with Crippen LogP contribution in [0.4, 0.5) is 0 Å². The molecule has 4 rings (SSSR count). The van der Waals surface area contributed by atoms with Crippen molar-refractivity contribution in [3.8, 4) is 11.5 Å². The summed E-state index contributed by atoms with van der Waals surface area (Å²) >= 11 is 0. The van der Waals surface area contributed by atoms with Gasteiger partial charge in [0, 0.05) is 37.8 Å². The van der Waals surface area contributed by atoms with E-state index in [1.165, 1.54) is 5.56 Å². The molecule has 2 unspecified atom stereocenters. The molecule has 31 heavy (non-hydrogen) atoms. The van der Waals surface area contributed by atoms with Crippen molar-refractivity contribution >= 4 is 5.96 Å². The number of hydrogen-bond donors (Lipinski definition) is 2. The van der Waals surface area contributed by atoms with Crippen LogP contribution < -0.4 is 10.6 Å². The molecule has 0 amide bonds. The highest BCUT2D eigenvalue weighted by Gasteiger charge is 2.26. The van der Waals surface area contributed by atoms with Gasteiger partial charge in [-0.05, 0) is 37.5 Å². The Morgan fingerprint density at radius 2 is 1.87 bits per heavy atom. The highest BCUT2D eigenvalue weighted by molar-refractivity contribution is 5.79. The molecule has 6 nitrogen and oxygen atoms in total. The smallest absolute Gasteiger partial charge is 0.226 e. The predicted molar refractivity (Wildman–Crippen MR) is 125 cm³/mol. The summed E-state index contributed by atoms with van der Waals surface area (Å²) in [6.45, 7) is 4.97. The van der Waals surface area contributed by atoms with Gasteiger partial charge in [-0.1, -0.05) is 48.5 Å². The second kappa shape index (κ2) is 10.3. The number of oxazole rings is 1. The maximum atomic E-state index is 5.62. The van der Waals surface area contributed by atoms with Crippen molar-refractivity contribution < 1.29 is 4.42 Å². The normalized spacial score (nSPS) is 19.9. The average molecular weight is 418 g/mol. The molecule has 1 fully saturated rings. The van der Waals surface area contributed by atoms with Crippen molar-refractivity contribution in [2.45, 2.75) is 44.9 Å². The van der Waals surface area contributed by atoms with Gasteiger partial charge in [-0.3, -0.25) is 9.89 Å². The zero-order chi connectivity index (χ0) is 21.5.